The Kier molecular flexibility index (Phi) is 9.18. The highest BCUT2D eigenvalue weighted by Crippen LogP contribution is 2.41. The Labute approximate surface area is 174 Å². The van der Waals surface area contributed by atoms with Crippen LogP contribution in [0.15, 0.2) is 12.1 Å². The van der Waals surface area contributed by atoms with Crippen LogP contribution in [0.1, 0.15) is 110 Å². The van der Waals surface area contributed by atoms with E-state index in [0.29, 0.717) is 5.75 Å². The second-order valence-electron chi connectivity index (χ2n) is 9.92. The summed E-state index contributed by atoms with van der Waals surface area (Å²) in [6, 6.07) is 4.15. The van der Waals surface area contributed by atoms with Gasteiger partial charge in [-0.05, 0) is 75.0 Å². The number of hydrogen-bond donors (Lipinski definition) is 1. The van der Waals surface area contributed by atoms with Gasteiger partial charge in [-0.1, -0.05) is 66.2 Å². The van der Waals surface area contributed by atoms with E-state index in [9.17, 15) is 5.11 Å². The van der Waals surface area contributed by atoms with Gasteiger partial charge >= 0.3 is 0 Å². The first-order valence-electron chi connectivity index (χ1n) is 11.9. The second-order valence-corrected chi connectivity index (χ2v) is 9.92. The van der Waals surface area contributed by atoms with E-state index in [4.69, 9.17) is 4.74 Å². The molecule has 1 aliphatic rings. The maximum absolute atomic E-state index is 10.5. The minimum Gasteiger partial charge on any atom is -0.508 e. The molecule has 2 nitrogen and oxygen atoms in total. The lowest BCUT2D eigenvalue weighted by molar-refractivity contribution is 0.0516. The predicted molar refractivity (Wildman–Crippen MR) is 120 cm³/mol. The first kappa shape index (κ1) is 23.1. The molecule has 0 bridgehead atoms. The minimum absolute atomic E-state index is 0.0842. The van der Waals surface area contributed by atoms with E-state index in [1.165, 1.54) is 56.9 Å². The summed E-state index contributed by atoms with van der Waals surface area (Å²) in [5.74, 6) is 3.01. The largest absolute Gasteiger partial charge is 0.508 e. The van der Waals surface area contributed by atoms with Crippen LogP contribution in [-0.4, -0.2) is 10.7 Å². The lowest BCUT2D eigenvalue weighted by Crippen LogP contribution is -2.36. The van der Waals surface area contributed by atoms with Gasteiger partial charge in [0.25, 0.3) is 0 Å². The van der Waals surface area contributed by atoms with Gasteiger partial charge in [-0.25, -0.2) is 0 Å². The average Bonchev–Trinajstić information content (AvgIpc) is 2.61. The lowest BCUT2D eigenvalue weighted by Gasteiger charge is -2.36. The highest BCUT2D eigenvalue weighted by atomic mass is 16.5. The van der Waals surface area contributed by atoms with E-state index >= 15 is 0 Å². The zero-order valence-corrected chi connectivity index (χ0v) is 19.2. The molecule has 2 unspecified atom stereocenters. The summed E-state index contributed by atoms with van der Waals surface area (Å²) in [4.78, 5) is 0. The summed E-state index contributed by atoms with van der Waals surface area (Å²) < 4.78 is 6.48. The fourth-order valence-electron chi connectivity index (χ4n) is 4.48. The van der Waals surface area contributed by atoms with E-state index in [1.807, 2.05) is 6.07 Å². The van der Waals surface area contributed by atoms with E-state index in [-0.39, 0.29) is 5.60 Å². The van der Waals surface area contributed by atoms with Gasteiger partial charge in [0.15, 0.2) is 0 Å². The fraction of sp³-hybridized carbons (Fsp3) is 0.769. The Morgan fingerprint density at radius 2 is 1.79 bits per heavy atom. The number of benzene rings is 1. The number of fused-ring (bicyclic) bond motifs is 1. The first-order chi connectivity index (χ1) is 13.3. The molecule has 2 heteroatoms. The molecule has 2 atom stereocenters. The molecule has 0 fully saturated rings. The van der Waals surface area contributed by atoms with Crippen LogP contribution >= 0.6 is 0 Å². The molecule has 1 aromatic rings. The van der Waals surface area contributed by atoms with Gasteiger partial charge in [-0.3, -0.25) is 0 Å². The van der Waals surface area contributed by atoms with Crippen molar-refractivity contribution in [3.8, 4) is 11.5 Å². The van der Waals surface area contributed by atoms with Crippen molar-refractivity contribution < 1.29 is 9.84 Å². The van der Waals surface area contributed by atoms with Crippen molar-refractivity contribution >= 4 is 0 Å². The van der Waals surface area contributed by atoms with Crippen molar-refractivity contribution in [2.75, 3.05) is 0 Å². The third kappa shape index (κ3) is 7.33. The molecule has 0 radical (unpaired) electrons. The Balaban J connectivity index is 1.86. The molecule has 1 aromatic carbocycles. The molecule has 0 aromatic heterocycles. The van der Waals surface area contributed by atoms with E-state index < -0.39 is 0 Å². The molecular formula is C26H44O2. The van der Waals surface area contributed by atoms with Crippen LogP contribution in [0.4, 0.5) is 0 Å². The van der Waals surface area contributed by atoms with Crippen molar-refractivity contribution in [2.45, 2.75) is 117 Å². The van der Waals surface area contributed by atoms with E-state index in [2.05, 4.69) is 40.7 Å². The first-order valence-corrected chi connectivity index (χ1v) is 11.9. The second kappa shape index (κ2) is 11.1. The third-order valence-electron chi connectivity index (χ3n) is 6.46. The summed E-state index contributed by atoms with van der Waals surface area (Å²) in [5.41, 5.74) is 2.14. The molecule has 0 spiro atoms. The number of aryl methyl sites for hydroxylation is 1. The molecule has 28 heavy (non-hydrogen) atoms. The molecule has 1 aliphatic heterocycles. The van der Waals surface area contributed by atoms with Gasteiger partial charge in [0, 0.05) is 5.56 Å². The smallest absolute Gasteiger partial charge is 0.127 e. The molecule has 1 N–H and O–H groups in total. The molecule has 0 amide bonds. The topological polar surface area (TPSA) is 29.5 Å². The number of aromatic hydroxyl groups is 1. The summed E-state index contributed by atoms with van der Waals surface area (Å²) in [6.45, 7) is 11.5. The summed E-state index contributed by atoms with van der Waals surface area (Å²) in [6.07, 6.45) is 14.3. The molecular weight excluding hydrogens is 344 g/mol. The Bertz CT molecular complexity index is 592. The van der Waals surface area contributed by atoms with Crippen molar-refractivity contribution in [3.63, 3.8) is 0 Å². The van der Waals surface area contributed by atoms with Crippen LogP contribution in [-0.2, 0) is 12.8 Å². The molecule has 0 saturated heterocycles. The zero-order chi connectivity index (χ0) is 20.6. The zero-order valence-electron chi connectivity index (χ0n) is 19.2. The summed E-state index contributed by atoms with van der Waals surface area (Å²) in [7, 11) is 0. The molecule has 0 aliphatic carbocycles. The SMILES string of the molecule is CCCCCc1cc(O)c2c(c1)OC(C)(CCCC(C)CCCC(C)C)CC2. The standard InChI is InChI=1S/C26H44O2/c1-6-7-8-14-22-18-24(27)23-15-17-26(5,28-25(23)19-22)16-10-13-21(4)12-9-11-20(2)3/h18-21,27H,6-17H2,1-5H3. The van der Waals surface area contributed by atoms with Gasteiger partial charge in [0.05, 0.1) is 0 Å². The van der Waals surface area contributed by atoms with Crippen LogP contribution < -0.4 is 4.74 Å². The number of rotatable bonds is 12. The van der Waals surface area contributed by atoms with Gasteiger partial charge in [0.1, 0.15) is 17.1 Å². The average molecular weight is 389 g/mol. The number of hydrogen-bond acceptors (Lipinski definition) is 2. The highest BCUT2D eigenvalue weighted by Gasteiger charge is 2.32. The maximum atomic E-state index is 10.5. The van der Waals surface area contributed by atoms with Crippen molar-refractivity contribution in [1.82, 2.24) is 0 Å². The van der Waals surface area contributed by atoms with E-state index in [1.54, 1.807) is 0 Å². The monoisotopic (exact) mass is 388 g/mol. The van der Waals surface area contributed by atoms with Crippen LogP contribution in [0.5, 0.6) is 11.5 Å². The Morgan fingerprint density at radius 3 is 2.50 bits per heavy atom. The third-order valence-corrected chi connectivity index (χ3v) is 6.46. The van der Waals surface area contributed by atoms with Gasteiger partial charge in [-0.15, -0.1) is 0 Å². The quantitative estimate of drug-likeness (QED) is 0.369. The molecule has 160 valence electrons. The normalized spacial score (nSPS) is 20.1. The number of phenols is 1. The number of phenolic OH excluding ortho intramolecular Hbond substituents is 1. The Morgan fingerprint density at radius 1 is 1.04 bits per heavy atom. The fourth-order valence-corrected chi connectivity index (χ4v) is 4.48. The van der Waals surface area contributed by atoms with Crippen LogP contribution in [0.25, 0.3) is 0 Å². The summed E-state index contributed by atoms with van der Waals surface area (Å²) in [5, 5.41) is 10.5. The molecule has 1 heterocycles. The van der Waals surface area contributed by atoms with Crippen molar-refractivity contribution in [3.05, 3.63) is 23.3 Å². The van der Waals surface area contributed by atoms with Crippen LogP contribution in [0.2, 0.25) is 0 Å². The Hall–Kier alpha value is -1.18. The number of unbranched alkanes of at least 4 members (excludes halogenated alkanes) is 2. The highest BCUT2D eigenvalue weighted by molar-refractivity contribution is 5.49. The van der Waals surface area contributed by atoms with Crippen molar-refractivity contribution in [2.24, 2.45) is 11.8 Å². The van der Waals surface area contributed by atoms with Crippen molar-refractivity contribution in [1.29, 1.82) is 0 Å². The summed E-state index contributed by atoms with van der Waals surface area (Å²) >= 11 is 0. The molecule has 0 saturated carbocycles. The van der Waals surface area contributed by atoms with Crippen LogP contribution in [0, 0.1) is 11.8 Å². The predicted octanol–water partition coefficient (Wildman–Crippen LogP) is 7.84. The number of ether oxygens (including phenoxy) is 1. The maximum Gasteiger partial charge on any atom is 0.127 e. The van der Waals surface area contributed by atoms with Gasteiger partial charge in [-0.2, -0.15) is 0 Å². The van der Waals surface area contributed by atoms with E-state index in [0.717, 1.165) is 48.8 Å². The van der Waals surface area contributed by atoms with Gasteiger partial charge < -0.3 is 9.84 Å². The lowest BCUT2D eigenvalue weighted by atomic mass is 9.86. The van der Waals surface area contributed by atoms with Gasteiger partial charge in [0.2, 0.25) is 0 Å². The van der Waals surface area contributed by atoms with Crippen LogP contribution in [0.3, 0.4) is 0 Å². The molecule has 2 rings (SSSR count). The minimum atomic E-state index is -0.0842.